The first kappa shape index (κ1) is 17.6. The molecule has 2 saturated carbocycles. The summed E-state index contributed by atoms with van der Waals surface area (Å²) in [5.74, 6) is 0.363. The van der Waals surface area contributed by atoms with Crippen LogP contribution in [0, 0.1) is 17.2 Å². The van der Waals surface area contributed by atoms with Gasteiger partial charge in [-0.15, -0.1) is 0 Å². The summed E-state index contributed by atoms with van der Waals surface area (Å²) >= 11 is 5.88. The fraction of sp³-hybridized carbons (Fsp3) is 0.304. The normalized spacial score (nSPS) is 25.9. The Hall–Kier alpha value is -2.46. The minimum absolute atomic E-state index is 0.0725. The largest absolute Gasteiger partial charge is 0.326 e. The van der Waals surface area contributed by atoms with Crippen molar-refractivity contribution in [3.63, 3.8) is 0 Å². The summed E-state index contributed by atoms with van der Waals surface area (Å²) in [6.45, 7) is 0. The molecule has 142 valence electrons. The molecule has 2 aliphatic rings. The highest BCUT2D eigenvalue weighted by Gasteiger charge is 2.55. The average molecular weight is 395 g/mol. The minimum atomic E-state index is -0.224. The second-order valence-corrected chi connectivity index (χ2v) is 8.70. The van der Waals surface area contributed by atoms with Gasteiger partial charge in [-0.05, 0) is 91.1 Å². The fourth-order valence-electron chi connectivity index (χ4n) is 4.98. The Kier molecular flexibility index (Phi) is 4.13. The van der Waals surface area contributed by atoms with Crippen molar-refractivity contribution in [2.24, 2.45) is 11.3 Å². The van der Waals surface area contributed by atoms with E-state index in [1.165, 1.54) is 11.6 Å². The van der Waals surface area contributed by atoms with E-state index in [9.17, 15) is 9.18 Å². The van der Waals surface area contributed by atoms with Gasteiger partial charge in [-0.3, -0.25) is 9.78 Å². The number of amides is 1. The van der Waals surface area contributed by atoms with Gasteiger partial charge in [0.15, 0.2) is 0 Å². The van der Waals surface area contributed by atoms with Crippen molar-refractivity contribution >= 4 is 34.1 Å². The van der Waals surface area contributed by atoms with Crippen LogP contribution in [0.25, 0.3) is 10.9 Å². The van der Waals surface area contributed by atoms with Gasteiger partial charge in [-0.25, -0.2) is 4.39 Å². The highest BCUT2D eigenvalue weighted by molar-refractivity contribution is 6.30. The number of pyridine rings is 1. The summed E-state index contributed by atoms with van der Waals surface area (Å²) in [7, 11) is 0. The van der Waals surface area contributed by atoms with E-state index in [0.717, 1.165) is 42.3 Å². The number of carbonyl (C=O) groups excluding carboxylic acids is 1. The molecule has 0 atom stereocenters. The molecule has 1 N–H and O–H groups in total. The number of carbonyl (C=O) groups is 1. The van der Waals surface area contributed by atoms with Crippen molar-refractivity contribution in [1.29, 1.82) is 0 Å². The van der Waals surface area contributed by atoms with E-state index in [4.69, 9.17) is 11.6 Å². The summed E-state index contributed by atoms with van der Waals surface area (Å²) in [6.07, 6.45) is 5.80. The number of halogens is 2. The molecule has 0 saturated heterocycles. The van der Waals surface area contributed by atoms with Crippen LogP contribution >= 0.6 is 11.6 Å². The van der Waals surface area contributed by atoms with E-state index in [1.807, 2.05) is 24.4 Å². The van der Waals surface area contributed by atoms with Gasteiger partial charge < -0.3 is 5.32 Å². The minimum Gasteiger partial charge on any atom is -0.326 e. The number of nitrogens with zero attached hydrogens (tertiary/aromatic N) is 1. The molecule has 5 heteroatoms. The first-order valence-corrected chi connectivity index (χ1v) is 10.00. The summed E-state index contributed by atoms with van der Waals surface area (Å²) < 4.78 is 13.7. The van der Waals surface area contributed by atoms with Crippen LogP contribution in [0.15, 0.2) is 54.7 Å². The Bertz CT molecular complexity index is 1050. The van der Waals surface area contributed by atoms with E-state index in [2.05, 4.69) is 10.3 Å². The van der Waals surface area contributed by atoms with Gasteiger partial charge in [0, 0.05) is 28.2 Å². The van der Waals surface area contributed by atoms with E-state index in [-0.39, 0.29) is 23.1 Å². The van der Waals surface area contributed by atoms with E-state index >= 15 is 0 Å². The molecule has 1 spiro atoms. The fourth-order valence-corrected chi connectivity index (χ4v) is 5.11. The molecule has 1 aromatic heterocycles. The number of hydrogen-bond acceptors (Lipinski definition) is 2. The highest BCUT2D eigenvalue weighted by atomic mass is 35.5. The average Bonchev–Trinajstić information content (AvgIpc) is 2.61. The molecule has 1 heterocycles. The van der Waals surface area contributed by atoms with Crippen molar-refractivity contribution in [1.82, 2.24) is 4.98 Å². The molecule has 28 heavy (non-hydrogen) atoms. The molecule has 2 aliphatic carbocycles. The van der Waals surface area contributed by atoms with E-state index < -0.39 is 0 Å². The van der Waals surface area contributed by atoms with Crippen molar-refractivity contribution < 1.29 is 9.18 Å². The summed E-state index contributed by atoms with van der Waals surface area (Å²) in [5.41, 5.74) is 3.08. The summed E-state index contributed by atoms with van der Waals surface area (Å²) in [6, 6.07) is 14.0. The first-order chi connectivity index (χ1) is 13.5. The van der Waals surface area contributed by atoms with Crippen LogP contribution in [0.5, 0.6) is 0 Å². The topological polar surface area (TPSA) is 42.0 Å². The molecule has 0 aliphatic heterocycles. The molecule has 2 aromatic carbocycles. The Labute approximate surface area is 167 Å². The predicted molar refractivity (Wildman–Crippen MR) is 109 cm³/mol. The number of fused-ring (bicyclic) bond motifs is 1. The van der Waals surface area contributed by atoms with Gasteiger partial charge in [0.05, 0.1) is 5.52 Å². The number of aromatic nitrogens is 1. The van der Waals surface area contributed by atoms with Gasteiger partial charge in [-0.2, -0.15) is 0 Å². The first-order valence-electron chi connectivity index (χ1n) is 9.62. The Balaban J connectivity index is 1.22. The van der Waals surface area contributed by atoms with Crippen LogP contribution in [0.3, 0.4) is 0 Å². The maximum atomic E-state index is 13.7. The zero-order valence-corrected chi connectivity index (χ0v) is 16.0. The third-order valence-electron chi connectivity index (χ3n) is 6.38. The van der Waals surface area contributed by atoms with Crippen LogP contribution in [0.2, 0.25) is 5.02 Å². The predicted octanol–water partition coefficient (Wildman–Crippen LogP) is 5.94. The van der Waals surface area contributed by atoms with E-state index in [0.29, 0.717) is 10.9 Å². The maximum Gasteiger partial charge on any atom is 0.227 e. The van der Waals surface area contributed by atoms with Gasteiger partial charge in [0.25, 0.3) is 0 Å². The molecule has 1 amide bonds. The molecule has 0 radical (unpaired) electrons. The van der Waals surface area contributed by atoms with Gasteiger partial charge >= 0.3 is 0 Å². The monoisotopic (exact) mass is 394 g/mol. The van der Waals surface area contributed by atoms with Crippen LogP contribution in [-0.2, 0) is 4.79 Å². The Morgan fingerprint density at radius 2 is 1.82 bits per heavy atom. The van der Waals surface area contributed by atoms with Crippen LogP contribution < -0.4 is 5.32 Å². The van der Waals surface area contributed by atoms with Crippen molar-refractivity contribution in [2.45, 2.75) is 31.6 Å². The lowest BCUT2D eigenvalue weighted by molar-refractivity contribution is -0.132. The van der Waals surface area contributed by atoms with Crippen LogP contribution in [-0.4, -0.2) is 10.9 Å². The van der Waals surface area contributed by atoms with E-state index in [1.54, 1.807) is 24.3 Å². The SMILES string of the molecule is O=C(Nc1ccc(Cl)cc1)C1CC2(C1)CC(c1ccnc3ccc(F)cc13)C2. The lowest BCUT2D eigenvalue weighted by Crippen LogP contribution is -2.50. The standard InChI is InChI=1S/C23H20ClFN2O/c24-16-1-4-18(5-2-16)27-22(28)15-12-23(13-15)10-14(11-23)19-7-8-26-21-6-3-17(25)9-20(19)21/h1-9,14-15H,10-13H2,(H,27,28). The van der Waals surface area contributed by atoms with Crippen molar-refractivity contribution in [2.75, 3.05) is 5.32 Å². The molecular formula is C23H20ClFN2O. The number of hydrogen-bond donors (Lipinski definition) is 1. The lowest BCUT2D eigenvalue weighted by atomic mass is 9.47. The van der Waals surface area contributed by atoms with Gasteiger partial charge in [0.2, 0.25) is 5.91 Å². The molecule has 3 nitrogen and oxygen atoms in total. The number of nitrogens with one attached hydrogen (secondary N) is 1. The quantitative estimate of drug-likeness (QED) is 0.597. The molecule has 0 bridgehead atoms. The third-order valence-corrected chi connectivity index (χ3v) is 6.63. The second kappa shape index (κ2) is 6.56. The Morgan fingerprint density at radius 3 is 2.57 bits per heavy atom. The molecule has 0 unspecified atom stereocenters. The molecule has 3 aromatic rings. The number of benzene rings is 2. The number of rotatable bonds is 3. The van der Waals surface area contributed by atoms with Crippen LogP contribution in [0.4, 0.5) is 10.1 Å². The Morgan fingerprint density at radius 1 is 1.07 bits per heavy atom. The molecule has 5 rings (SSSR count). The maximum absolute atomic E-state index is 13.7. The smallest absolute Gasteiger partial charge is 0.227 e. The molecule has 2 fully saturated rings. The zero-order chi connectivity index (χ0) is 19.3. The second-order valence-electron chi connectivity index (χ2n) is 8.27. The summed E-state index contributed by atoms with van der Waals surface area (Å²) in [4.78, 5) is 16.8. The molecular weight excluding hydrogens is 375 g/mol. The van der Waals surface area contributed by atoms with Crippen molar-refractivity contribution in [3.05, 3.63) is 71.1 Å². The summed E-state index contributed by atoms with van der Waals surface area (Å²) in [5, 5.41) is 4.56. The van der Waals surface area contributed by atoms with Crippen LogP contribution in [0.1, 0.15) is 37.2 Å². The zero-order valence-electron chi connectivity index (χ0n) is 15.3. The van der Waals surface area contributed by atoms with Crippen molar-refractivity contribution in [3.8, 4) is 0 Å². The highest BCUT2D eigenvalue weighted by Crippen LogP contribution is 2.64. The number of anilines is 1. The van der Waals surface area contributed by atoms with Gasteiger partial charge in [0.1, 0.15) is 5.82 Å². The third kappa shape index (κ3) is 3.06. The van der Waals surface area contributed by atoms with Gasteiger partial charge in [-0.1, -0.05) is 11.6 Å². The lowest BCUT2D eigenvalue weighted by Gasteiger charge is -2.57.